The van der Waals surface area contributed by atoms with E-state index in [0.717, 1.165) is 41.3 Å². The fourth-order valence-corrected chi connectivity index (χ4v) is 6.31. The summed E-state index contributed by atoms with van der Waals surface area (Å²) in [6.07, 6.45) is 4.09. The Morgan fingerprint density at radius 2 is 1.73 bits per heavy atom. The number of hydrogen-bond acceptors (Lipinski definition) is 7. The molecule has 0 atom stereocenters. The number of anilines is 2. The second kappa shape index (κ2) is 10.8. The van der Waals surface area contributed by atoms with Gasteiger partial charge in [0.25, 0.3) is 0 Å². The standard InChI is InChI=1S/C28H33F2N5O4S/c1-3-20-12-19(4-5-24(20)31)17-40(37,38)34-10-8-33(9-11-34)25-16-32-35(23-14-21(29)13-22(30)15-23)27(36)26(25)39-18-28(2)6-7-28/h4-5,12-16H,3,6-11,17-18,31H2,1-2H3. The molecule has 1 aliphatic carbocycles. The topological polar surface area (TPSA) is 111 Å². The summed E-state index contributed by atoms with van der Waals surface area (Å²) in [6, 6.07) is 8.07. The number of sulfonamides is 1. The highest BCUT2D eigenvalue weighted by molar-refractivity contribution is 7.88. The molecule has 0 radical (unpaired) electrons. The average molecular weight is 574 g/mol. The van der Waals surface area contributed by atoms with Crippen LogP contribution in [-0.4, -0.2) is 55.3 Å². The van der Waals surface area contributed by atoms with E-state index in [9.17, 15) is 22.0 Å². The number of piperazine rings is 1. The van der Waals surface area contributed by atoms with Gasteiger partial charge in [-0.1, -0.05) is 26.0 Å². The minimum Gasteiger partial charge on any atom is -0.486 e. The van der Waals surface area contributed by atoms with Gasteiger partial charge in [0.2, 0.25) is 15.8 Å². The number of aryl methyl sites for hydroxylation is 1. The quantitative estimate of drug-likeness (QED) is 0.390. The third-order valence-corrected chi connectivity index (χ3v) is 9.44. The normalized spacial score (nSPS) is 17.1. The predicted molar refractivity (Wildman–Crippen MR) is 149 cm³/mol. The first-order valence-corrected chi connectivity index (χ1v) is 14.9. The highest BCUT2D eigenvalue weighted by Gasteiger charge is 2.39. The van der Waals surface area contributed by atoms with E-state index in [1.54, 1.807) is 12.1 Å². The van der Waals surface area contributed by atoms with Crippen LogP contribution in [0.2, 0.25) is 0 Å². The smallest absolute Gasteiger partial charge is 0.316 e. The van der Waals surface area contributed by atoms with Crippen LogP contribution in [0.4, 0.5) is 20.2 Å². The molecule has 1 aromatic heterocycles. The van der Waals surface area contributed by atoms with Crippen molar-refractivity contribution in [3.05, 3.63) is 75.7 Å². The molecule has 2 aromatic carbocycles. The van der Waals surface area contributed by atoms with Gasteiger partial charge in [0.1, 0.15) is 17.3 Å². The van der Waals surface area contributed by atoms with Crippen LogP contribution < -0.4 is 20.9 Å². The van der Waals surface area contributed by atoms with Crippen molar-refractivity contribution < 1.29 is 21.9 Å². The van der Waals surface area contributed by atoms with Crippen molar-refractivity contribution in [1.29, 1.82) is 0 Å². The Morgan fingerprint density at radius 1 is 1.05 bits per heavy atom. The maximum Gasteiger partial charge on any atom is 0.316 e. The Kier molecular flexibility index (Phi) is 7.58. The molecule has 2 aliphatic rings. The summed E-state index contributed by atoms with van der Waals surface area (Å²) < 4.78 is 62.5. The number of ether oxygens (including phenoxy) is 1. The molecule has 1 aliphatic heterocycles. The fraction of sp³-hybridized carbons (Fsp3) is 0.429. The summed E-state index contributed by atoms with van der Waals surface area (Å²) in [5.74, 6) is -1.77. The van der Waals surface area contributed by atoms with E-state index in [2.05, 4.69) is 12.0 Å². The number of hydrogen-bond donors (Lipinski definition) is 1. The van der Waals surface area contributed by atoms with E-state index in [1.165, 1.54) is 10.5 Å². The van der Waals surface area contributed by atoms with E-state index in [0.29, 0.717) is 43.1 Å². The van der Waals surface area contributed by atoms with Gasteiger partial charge >= 0.3 is 5.56 Å². The molecule has 1 saturated carbocycles. The molecular formula is C28H33F2N5O4S. The maximum atomic E-state index is 13.9. The number of nitrogen functional groups attached to an aromatic ring is 1. The zero-order valence-corrected chi connectivity index (χ0v) is 23.4. The van der Waals surface area contributed by atoms with Crippen LogP contribution in [-0.2, 0) is 22.2 Å². The van der Waals surface area contributed by atoms with Crippen molar-refractivity contribution in [3.63, 3.8) is 0 Å². The monoisotopic (exact) mass is 573 g/mol. The van der Waals surface area contributed by atoms with Crippen molar-refractivity contribution in [3.8, 4) is 11.4 Å². The number of nitrogens with zero attached hydrogens (tertiary/aromatic N) is 4. The van der Waals surface area contributed by atoms with Gasteiger partial charge in [-0.15, -0.1) is 0 Å². The van der Waals surface area contributed by atoms with Gasteiger partial charge in [-0.2, -0.15) is 14.1 Å². The molecule has 0 bridgehead atoms. The van der Waals surface area contributed by atoms with E-state index in [-0.39, 0.29) is 35.7 Å². The lowest BCUT2D eigenvalue weighted by Crippen LogP contribution is -2.49. The number of aromatic nitrogens is 2. The molecule has 2 heterocycles. The fourth-order valence-electron chi connectivity index (χ4n) is 4.80. The summed E-state index contributed by atoms with van der Waals surface area (Å²) >= 11 is 0. The molecule has 12 heteroatoms. The Morgan fingerprint density at radius 3 is 2.35 bits per heavy atom. The summed E-state index contributed by atoms with van der Waals surface area (Å²) in [4.78, 5) is 15.3. The first kappa shape index (κ1) is 28.0. The lowest BCUT2D eigenvalue weighted by molar-refractivity contribution is 0.242. The van der Waals surface area contributed by atoms with Gasteiger partial charge in [0, 0.05) is 43.3 Å². The molecule has 5 rings (SSSR count). The first-order valence-electron chi connectivity index (χ1n) is 13.3. The van der Waals surface area contributed by atoms with E-state index >= 15 is 0 Å². The number of rotatable bonds is 9. The number of benzene rings is 2. The highest BCUT2D eigenvalue weighted by Crippen LogP contribution is 2.45. The van der Waals surface area contributed by atoms with Gasteiger partial charge in [0.05, 0.1) is 24.2 Å². The molecule has 0 unspecified atom stereocenters. The second-order valence-electron chi connectivity index (χ2n) is 10.8. The molecule has 2 fully saturated rings. The molecule has 2 N–H and O–H groups in total. The molecule has 214 valence electrons. The van der Waals surface area contributed by atoms with Gasteiger partial charge < -0.3 is 15.4 Å². The first-order chi connectivity index (χ1) is 19.0. The summed E-state index contributed by atoms with van der Waals surface area (Å²) in [6.45, 7) is 5.40. The Balaban J connectivity index is 1.37. The van der Waals surface area contributed by atoms with Gasteiger partial charge in [-0.3, -0.25) is 4.79 Å². The van der Waals surface area contributed by atoms with Crippen LogP contribution in [0.1, 0.15) is 37.8 Å². The summed E-state index contributed by atoms with van der Waals surface area (Å²) in [5.41, 5.74) is 7.89. The number of halogens is 2. The van der Waals surface area contributed by atoms with Crippen molar-refractivity contribution in [2.24, 2.45) is 5.41 Å². The Labute approximate surface area is 232 Å². The largest absolute Gasteiger partial charge is 0.486 e. The van der Waals surface area contributed by atoms with Crippen molar-refractivity contribution in [1.82, 2.24) is 14.1 Å². The molecule has 40 heavy (non-hydrogen) atoms. The van der Waals surface area contributed by atoms with Crippen LogP contribution in [0.5, 0.6) is 5.75 Å². The van der Waals surface area contributed by atoms with Crippen molar-refractivity contribution in [2.45, 2.75) is 38.9 Å². The predicted octanol–water partition coefficient (Wildman–Crippen LogP) is 3.49. The SMILES string of the molecule is CCc1cc(CS(=O)(=O)N2CCN(c3cnn(-c4cc(F)cc(F)c4)c(=O)c3OCC3(C)CC3)CC2)ccc1N. The van der Waals surface area contributed by atoms with Crippen LogP contribution in [0.15, 0.2) is 47.4 Å². The minimum atomic E-state index is -3.59. The second-order valence-corrected chi connectivity index (χ2v) is 12.8. The van der Waals surface area contributed by atoms with Gasteiger partial charge in [0.15, 0.2) is 0 Å². The molecular weight excluding hydrogens is 540 g/mol. The van der Waals surface area contributed by atoms with Crippen LogP contribution >= 0.6 is 0 Å². The third kappa shape index (κ3) is 5.97. The van der Waals surface area contributed by atoms with Gasteiger partial charge in [-0.25, -0.2) is 17.2 Å². The number of nitrogens with two attached hydrogens (primary N) is 1. The minimum absolute atomic E-state index is 0.0260. The molecule has 0 amide bonds. The summed E-state index contributed by atoms with van der Waals surface area (Å²) in [7, 11) is -3.59. The van der Waals surface area contributed by atoms with Crippen molar-refractivity contribution >= 4 is 21.4 Å². The lowest BCUT2D eigenvalue weighted by Gasteiger charge is -2.35. The van der Waals surface area contributed by atoms with Crippen LogP contribution in [0.3, 0.4) is 0 Å². The van der Waals surface area contributed by atoms with E-state index < -0.39 is 27.2 Å². The Hall–Kier alpha value is -3.51. The molecule has 3 aromatic rings. The summed E-state index contributed by atoms with van der Waals surface area (Å²) in [5, 5.41) is 4.18. The Bertz CT molecular complexity index is 1560. The highest BCUT2D eigenvalue weighted by atomic mass is 32.2. The lowest BCUT2D eigenvalue weighted by atomic mass is 10.1. The zero-order chi connectivity index (χ0) is 28.7. The van der Waals surface area contributed by atoms with Crippen LogP contribution in [0.25, 0.3) is 5.69 Å². The van der Waals surface area contributed by atoms with Crippen molar-refractivity contribution in [2.75, 3.05) is 43.4 Å². The average Bonchev–Trinajstić information content (AvgIpc) is 3.65. The van der Waals surface area contributed by atoms with Crippen LogP contribution in [0, 0.1) is 17.0 Å². The molecule has 0 spiro atoms. The van der Waals surface area contributed by atoms with Gasteiger partial charge in [-0.05, 0) is 48.6 Å². The molecule has 9 nitrogen and oxygen atoms in total. The zero-order valence-electron chi connectivity index (χ0n) is 22.6. The van der Waals surface area contributed by atoms with E-state index in [4.69, 9.17) is 10.5 Å². The van der Waals surface area contributed by atoms with E-state index in [1.807, 2.05) is 17.9 Å². The maximum absolute atomic E-state index is 13.9. The molecule has 1 saturated heterocycles. The third-order valence-electron chi connectivity index (χ3n) is 7.59.